The number of halogens is 1. The Hall–Kier alpha value is -1.78. The molecule has 0 amide bonds. The Labute approximate surface area is 176 Å². The molecule has 0 radical (unpaired) electrons. The van der Waals surface area contributed by atoms with E-state index in [0.717, 1.165) is 36.2 Å². The van der Waals surface area contributed by atoms with E-state index in [4.69, 9.17) is 16.3 Å². The van der Waals surface area contributed by atoms with Crippen LogP contribution in [0.15, 0.2) is 89.8 Å². The number of hydrogen-bond donors (Lipinski definition) is 0. The highest BCUT2D eigenvalue weighted by atomic mass is 35.5. The van der Waals surface area contributed by atoms with Crippen molar-refractivity contribution in [3.05, 3.63) is 101 Å². The third-order valence-electron chi connectivity index (χ3n) is 4.98. The standard InChI is InChI=1S/C24H24ClNOS/c25-21-13-7-8-14-23(21)28-24(20-11-5-2-6-12-20)22-18-26(15-16-27-22)17-19-9-3-1-4-10-19/h1-14,22,24H,15-18H2/t22-,24-/m1/s1. The number of rotatable bonds is 6. The highest BCUT2D eigenvalue weighted by molar-refractivity contribution is 7.99. The lowest BCUT2D eigenvalue weighted by Crippen LogP contribution is -2.44. The maximum absolute atomic E-state index is 6.46. The molecule has 1 heterocycles. The molecule has 1 aliphatic rings. The zero-order valence-electron chi connectivity index (χ0n) is 15.7. The minimum absolute atomic E-state index is 0.112. The molecule has 1 fully saturated rings. The predicted molar refractivity (Wildman–Crippen MR) is 118 cm³/mol. The zero-order chi connectivity index (χ0) is 19.2. The van der Waals surface area contributed by atoms with Crippen LogP contribution in [0.2, 0.25) is 5.02 Å². The van der Waals surface area contributed by atoms with Gasteiger partial charge in [0, 0.05) is 24.5 Å². The molecule has 1 aliphatic heterocycles. The van der Waals surface area contributed by atoms with Crippen molar-refractivity contribution < 1.29 is 4.74 Å². The van der Waals surface area contributed by atoms with Crippen LogP contribution in [0.1, 0.15) is 16.4 Å². The maximum Gasteiger partial charge on any atom is 0.0865 e. The van der Waals surface area contributed by atoms with Gasteiger partial charge in [-0.05, 0) is 23.3 Å². The molecule has 0 unspecified atom stereocenters. The van der Waals surface area contributed by atoms with Crippen LogP contribution in [0, 0.1) is 0 Å². The monoisotopic (exact) mass is 409 g/mol. The third-order valence-corrected chi connectivity index (χ3v) is 6.86. The summed E-state index contributed by atoms with van der Waals surface area (Å²) in [4.78, 5) is 3.59. The smallest absolute Gasteiger partial charge is 0.0865 e. The van der Waals surface area contributed by atoms with Gasteiger partial charge in [-0.3, -0.25) is 4.90 Å². The number of nitrogens with zero attached hydrogens (tertiary/aromatic N) is 1. The molecule has 0 N–H and O–H groups in total. The Morgan fingerprint density at radius 3 is 2.36 bits per heavy atom. The molecule has 2 atom stereocenters. The number of hydrogen-bond acceptors (Lipinski definition) is 3. The molecule has 28 heavy (non-hydrogen) atoms. The third kappa shape index (κ3) is 4.98. The second kappa shape index (κ2) is 9.62. The van der Waals surface area contributed by atoms with E-state index in [2.05, 4.69) is 71.6 Å². The normalized spacial score (nSPS) is 18.7. The lowest BCUT2D eigenvalue weighted by molar-refractivity contribution is -0.0319. The van der Waals surface area contributed by atoms with Gasteiger partial charge in [-0.15, -0.1) is 11.8 Å². The quantitative estimate of drug-likeness (QED) is 0.458. The number of ether oxygens (including phenoxy) is 1. The van der Waals surface area contributed by atoms with Crippen LogP contribution in [0.4, 0.5) is 0 Å². The molecule has 0 spiro atoms. The first-order chi connectivity index (χ1) is 13.8. The number of morpholine rings is 1. The second-order valence-corrected chi connectivity index (χ2v) is 8.60. The molecule has 0 bridgehead atoms. The summed E-state index contributed by atoms with van der Waals surface area (Å²) >= 11 is 8.26. The Morgan fingerprint density at radius 1 is 0.929 bits per heavy atom. The largest absolute Gasteiger partial charge is 0.374 e. The van der Waals surface area contributed by atoms with Crippen LogP contribution in [0.25, 0.3) is 0 Å². The molecule has 1 saturated heterocycles. The van der Waals surface area contributed by atoms with Gasteiger partial charge in [-0.25, -0.2) is 0 Å². The Bertz CT molecular complexity index is 874. The van der Waals surface area contributed by atoms with Crippen LogP contribution in [-0.4, -0.2) is 30.7 Å². The summed E-state index contributed by atoms with van der Waals surface area (Å²) in [7, 11) is 0. The van der Waals surface area contributed by atoms with Crippen molar-refractivity contribution in [3.63, 3.8) is 0 Å². The van der Waals surface area contributed by atoms with Crippen LogP contribution in [-0.2, 0) is 11.3 Å². The van der Waals surface area contributed by atoms with E-state index < -0.39 is 0 Å². The van der Waals surface area contributed by atoms with E-state index in [0.29, 0.717) is 0 Å². The van der Waals surface area contributed by atoms with Gasteiger partial charge in [-0.1, -0.05) is 84.4 Å². The van der Waals surface area contributed by atoms with Gasteiger partial charge >= 0.3 is 0 Å². The average Bonchev–Trinajstić information content (AvgIpc) is 2.75. The summed E-state index contributed by atoms with van der Waals surface area (Å²) in [5, 5.41) is 0.991. The maximum atomic E-state index is 6.46. The molecule has 4 heteroatoms. The van der Waals surface area contributed by atoms with Gasteiger partial charge in [0.25, 0.3) is 0 Å². The zero-order valence-corrected chi connectivity index (χ0v) is 17.3. The van der Waals surface area contributed by atoms with Crippen LogP contribution < -0.4 is 0 Å². The summed E-state index contributed by atoms with van der Waals surface area (Å²) in [6.45, 7) is 3.58. The Balaban J connectivity index is 1.54. The fraction of sp³-hybridized carbons (Fsp3) is 0.250. The van der Waals surface area contributed by atoms with E-state index in [1.165, 1.54) is 11.1 Å². The summed E-state index contributed by atoms with van der Waals surface area (Å²) < 4.78 is 6.27. The first kappa shape index (κ1) is 19.5. The lowest BCUT2D eigenvalue weighted by atomic mass is 10.1. The first-order valence-corrected chi connectivity index (χ1v) is 10.9. The lowest BCUT2D eigenvalue weighted by Gasteiger charge is -2.37. The second-order valence-electron chi connectivity index (χ2n) is 7.01. The van der Waals surface area contributed by atoms with Gasteiger partial charge in [0.15, 0.2) is 0 Å². The van der Waals surface area contributed by atoms with E-state index in [9.17, 15) is 0 Å². The molecule has 0 aliphatic carbocycles. The van der Waals surface area contributed by atoms with Crippen molar-refractivity contribution in [2.24, 2.45) is 0 Å². The average molecular weight is 410 g/mol. The molecule has 2 nitrogen and oxygen atoms in total. The van der Waals surface area contributed by atoms with E-state index in [1.807, 2.05) is 18.2 Å². The highest BCUT2D eigenvalue weighted by Crippen LogP contribution is 2.42. The predicted octanol–water partition coefficient (Wildman–Crippen LogP) is 6.07. The summed E-state index contributed by atoms with van der Waals surface area (Å²) in [5.74, 6) is 0. The van der Waals surface area contributed by atoms with Gasteiger partial charge < -0.3 is 4.74 Å². The van der Waals surface area contributed by atoms with Crippen LogP contribution in [0.3, 0.4) is 0 Å². The molecule has 0 saturated carbocycles. The molecule has 3 aromatic carbocycles. The molecular formula is C24H24ClNOS. The molecule has 4 rings (SSSR count). The van der Waals surface area contributed by atoms with Gasteiger partial charge in [0.1, 0.15) is 0 Å². The van der Waals surface area contributed by atoms with Crippen LogP contribution in [0.5, 0.6) is 0 Å². The minimum Gasteiger partial charge on any atom is -0.374 e. The van der Waals surface area contributed by atoms with Crippen molar-refractivity contribution in [1.82, 2.24) is 4.90 Å². The summed E-state index contributed by atoms with van der Waals surface area (Å²) in [5.41, 5.74) is 2.62. The van der Waals surface area contributed by atoms with Crippen molar-refractivity contribution in [3.8, 4) is 0 Å². The Morgan fingerprint density at radius 2 is 1.61 bits per heavy atom. The summed E-state index contributed by atoms with van der Waals surface area (Å²) in [6, 6.07) is 29.4. The van der Waals surface area contributed by atoms with Crippen molar-refractivity contribution in [2.75, 3.05) is 19.7 Å². The van der Waals surface area contributed by atoms with E-state index >= 15 is 0 Å². The Kier molecular flexibility index (Phi) is 6.71. The fourth-order valence-corrected chi connectivity index (χ4v) is 5.07. The number of thioether (sulfide) groups is 1. The molecular weight excluding hydrogens is 386 g/mol. The first-order valence-electron chi connectivity index (χ1n) is 9.63. The topological polar surface area (TPSA) is 12.5 Å². The minimum atomic E-state index is 0.112. The van der Waals surface area contributed by atoms with Gasteiger partial charge in [0.2, 0.25) is 0 Å². The molecule has 0 aromatic heterocycles. The highest BCUT2D eigenvalue weighted by Gasteiger charge is 2.30. The molecule has 3 aromatic rings. The SMILES string of the molecule is Clc1ccccc1S[C@H](c1ccccc1)[C@H]1CN(Cc2ccccc2)CCO1. The van der Waals surface area contributed by atoms with Crippen molar-refractivity contribution >= 4 is 23.4 Å². The van der Waals surface area contributed by atoms with E-state index in [-0.39, 0.29) is 11.4 Å². The fourth-order valence-electron chi connectivity index (χ4n) is 3.58. The molecule has 144 valence electrons. The van der Waals surface area contributed by atoms with E-state index in [1.54, 1.807) is 11.8 Å². The van der Waals surface area contributed by atoms with Crippen LogP contribution >= 0.6 is 23.4 Å². The number of benzene rings is 3. The van der Waals surface area contributed by atoms with Crippen molar-refractivity contribution in [1.29, 1.82) is 0 Å². The summed E-state index contributed by atoms with van der Waals surface area (Å²) in [6.07, 6.45) is 0.112. The van der Waals surface area contributed by atoms with Gasteiger partial charge in [0.05, 0.1) is 23.0 Å². The van der Waals surface area contributed by atoms with Gasteiger partial charge in [-0.2, -0.15) is 0 Å². The van der Waals surface area contributed by atoms with Crippen molar-refractivity contribution in [2.45, 2.75) is 22.8 Å².